The highest BCUT2D eigenvalue weighted by Gasteiger charge is 2.30. The molecular formula is C16H13F3NO5P. The summed E-state index contributed by atoms with van der Waals surface area (Å²) in [7, 11) is -2.67. The Labute approximate surface area is 147 Å². The molecule has 0 aromatic heterocycles. The Hall–Kier alpha value is -2.64. The second-order valence-corrected chi connectivity index (χ2v) is 5.92. The number of carbonyl (C=O) groups is 1. The molecule has 6 nitrogen and oxygen atoms in total. The molecule has 0 radical (unpaired) electrons. The zero-order valence-electron chi connectivity index (χ0n) is 13.3. The van der Waals surface area contributed by atoms with E-state index in [0.29, 0.717) is 0 Å². The lowest BCUT2D eigenvalue weighted by Crippen LogP contribution is -2.13. The first-order valence-electron chi connectivity index (χ1n) is 7.20. The number of nitrogens with zero attached hydrogens (tertiary/aromatic N) is 1. The van der Waals surface area contributed by atoms with Gasteiger partial charge < -0.3 is 14.7 Å². The van der Waals surface area contributed by atoms with Crippen molar-refractivity contribution in [3.63, 3.8) is 0 Å². The van der Waals surface area contributed by atoms with Crippen molar-refractivity contribution in [2.24, 2.45) is 4.74 Å². The summed E-state index contributed by atoms with van der Waals surface area (Å²) in [5.74, 6) is -1.05. The van der Waals surface area contributed by atoms with E-state index >= 15 is 0 Å². The van der Waals surface area contributed by atoms with Gasteiger partial charge in [-0.15, -0.1) is 0 Å². The Bertz CT molecular complexity index is 808. The topological polar surface area (TPSA) is 91.2 Å². The monoisotopic (exact) mass is 387 g/mol. The van der Waals surface area contributed by atoms with Crippen LogP contribution in [-0.2, 0) is 11.0 Å². The summed E-state index contributed by atoms with van der Waals surface area (Å²) in [6, 6.07) is 8.78. The summed E-state index contributed by atoms with van der Waals surface area (Å²) in [5.41, 5.74) is -0.820. The molecule has 0 saturated heterocycles. The van der Waals surface area contributed by atoms with E-state index in [0.717, 1.165) is 24.3 Å². The Morgan fingerprint density at radius 1 is 1.15 bits per heavy atom. The van der Waals surface area contributed by atoms with Crippen LogP contribution < -0.4 is 14.2 Å². The summed E-state index contributed by atoms with van der Waals surface area (Å²) >= 11 is 0. The third-order valence-electron chi connectivity index (χ3n) is 3.06. The largest absolute Gasteiger partial charge is 0.575 e. The van der Waals surface area contributed by atoms with E-state index in [2.05, 4.69) is 4.74 Å². The van der Waals surface area contributed by atoms with Crippen molar-refractivity contribution in [2.75, 3.05) is 0 Å². The first kappa shape index (κ1) is 19.7. The number of rotatable bonds is 6. The number of benzene rings is 2. The van der Waals surface area contributed by atoms with Crippen LogP contribution in [0.15, 0.2) is 53.3 Å². The number of halogens is 3. The van der Waals surface area contributed by atoms with Crippen molar-refractivity contribution in [3.05, 3.63) is 54.1 Å². The minimum absolute atomic E-state index is 0.00912. The highest BCUT2D eigenvalue weighted by Crippen LogP contribution is 2.37. The van der Waals surface area contributed by atoms with E-state index in [-0.39, 0.29) is 17.2 Å². The minimum Gasteiger partial charge on any atom is -0.575 e. The highest BCUT2D eigenvalue weighted by molar-refractivity contribution is 7.34. The number of alkyl halides is 3. The molecule has 2 aromatic carbocycles. The van der Waals surface area contributed by atoms with Gasteiger partial charge in [0.1, 0.15) is 5.75 Å². The van der Waals surface area contributed by atoms with Crippen LogP contribution in [0.4, 0.5) is 13.2 Å². The zero-order valence-corrected chi connectivity index (χ0v) is 14.2. The van der Waals surface area contributed by atoms with Gasteiger partial charge in [-0.25, -0.2) is 4.79 Å². The van der Waals surface area contributed by atoms with Gasteiger partial charge in [-0.3, -0.25) is 4.52 Å². The molecule has 0 spiro atoms. The van der Waals surface area contributed by atoms with Gasteiger partial charge in [0.15, 0.2) is 11.8 Å². The molecule has 2 unspecified atom stereocenters. The van der Waals surface area contributed by atoms with Crippen LogP contribution >= 0.6 is 8.17 Å². The van der Waals surface area contributed by atoms with Crippen LogP contribution in [0, 0.1) is 0 Å². The van der Waals surface area contributed by atoms with E-state index in [9.17, 15) is 22.9 Å². The van der Waals surface area contributed by atoms with E-state index in [4.69, 9.17) is 14.4 Å². The Kier molecular flexibility index (Phi) is 6.18. The lowest BCUT2D eigenvalue weighted by molar-refractivity contribution is -0.169. The summed E-state index contributed by atoms with van der Waals surface area (Å²) in [6.07, 6.45) is -4.46. The molecule has 26 heavy (non-hydrogen) atoms. The first-order chi connectivity index (χ1) is 12.2. The second-order valence-electron chi connectivity index (χ2n) is 5.03. The van der Waals surface area contributed by atoms with E-state index in [1.165, 1.54) is 19.1 Å². The average Bonchev–Trinajstić information content (AvgIpc) is 2.56. The maximum absolute atomic E-state index is 12.6. The fraction of sp³-hybridized carbons (Fsp3) is 0.188. The average molecular weight is 387 g/mol. The van der Waals surface area contributed by atoms with Gasteiger partial charge in [0.2, 0.25) is 5.75 Å². The molecule has 2 atom stereocenters. The van der Waals surface area contributed by atoms with Gasteiger partial charge >= 0.3 is 20.3 Å². The predicted molar refractivity (Wildman–Crippen MR) is 85.0 cm³/mol. The number of carboxylic acid groups (broad SMARTS) is 1. The normalized spacial score (nSPS) is 13.2. The van der Waals surface area contributed by atoms with Gasteiger partial charge in [0.05, 0.1) is 5.56 Å². The highest BCUT2D eigenvalue weighted by atomic mass is 31.1. The fourth-order valence-corrected chi connectivity index (χ4v) is 2.50. The van der Waals surface area contributed by atoms with Crippen LogP contribution in [0.25, 0.3) is 0 Å². The maximum Gasteiger partial charge on any atom is 0.416 e. The Balaban J connectivity index is 2.18. The summed E-state index contributed by atoms with van der Waals surface area (Å²) < 4.78 is 51.7. The van der Waals surface area contributed by atoms with Gasteiger partial charge in [-0.1, -0.05) is 16.9 Å². The predicted octanol–water partition coefficient (Wildman–Crippen LogP) is 4.21. The van der Waals surface area contributed by atoms with Gasteiger partial charge in [0, 0.05) is 0 Å². The molecule has 0 aliphatic rings. The number of ether oxygens (including phenoxy) is 1. The molecule has 138 valence electrons. The second kappa shape index (κ2) is 8.16. The number of aliphatic carboxylic acids is 1. The van der Waals surface area contributed by atoms with E-state index in [1.807, 2.05) is 0 Å². The van der Waals surface area contributed by atoms with Crippen molar-refractivity contribution in [2.45, 2.75) is 19.1 Å². The van der Waals surface area contributed by atoms with E-state index < -0.39 is 31.9 Å². The third-order valence-corrected chi connectivity index (χ3v) is 3.95. The molecule has 0 fully saturated rings. The van der Waals surface area contributed by atoms with Crippen molar-refractivity contribution < 1.29 is 37.2 Å². The zero-order chi connectivity index (χ0) is 19.3. The first-order valence-corrected chi connectivity index (χ1v) is 8.33. The molecule has 0 saturated carbocycles. The molecule has 2 rings (SSSR count). The lowest BCUT2D eigenvalue weighted by atomic mass is 10.2. The van der Waals surface area contributed by atoms with Crippen molar-refractivity contribution >= 4 is 14.1 Å². The van der Waals surface area contributed by atoms with Gasteiger partial charge in [-0.05, 0) is 43.3 Å². The fourth-order valence-electron chi connectivity index (χ4n) is 1.75. The molecular weight excluding hydrogens is 374 g/mol. The van der Waals surface area contributed by atoms with Gasteiger partial charge in [-0.2, -0.15) is 13.2 Å². The van der Waals surface area contributed by atoms with Gasteiger partial charge in [0.25, 0.3) is 0 Å². The lowest BCUT2D eigenvalue weighted by Gasteiger charge is -2.10. The van der Waals surface area contributed by atoms with Crippen molar-refractivity contribution in [3.8, 4) is 17.2 Å². The Morgan fingerprint density at radius 2 is 1.73 bits per heavy atom. The molecule has 0 aliphatic heterocycles. The van der Waals surface area contributed by atoms with Crippen molar-refractivity contribution in [1.29, 1.82) is 0 Å². The Morgan fingerprint density at radius 3 is 2.27 bits per heavy atom. The maximum atomic E-state index is 12.6. The molecule has 10 heteroatoms. The minimum atomic E-state index is -4.46. The SMILES string of the molecule is CC(/N=[P+](\[O-])Oc1ccccc1Oc1ccc(C(F)(F)F)cc1)C(=O)O. The van der Waals surface area contributed by atoms with E-state index in [1.54, 1.807) is 12.1 Å². The molecule has 0 bridgehead atoms. The summed E-state index contributed by atoms with van der Waals surface area (Å²) in [6.45, 7) is 1.24. The number of hydrogen-bond acceptors (Lipinski definition) is 5. The third kappa shape index (κ3) is 5.44. The van der Waals surface area contributed by atoms with Crippen LogP contribution in [0.3, 0.4) is 0 Å². The molecule has 1 N–H and O–H groups in total. The van der Waals surface area contributed by atoms with Crippen LogP contribution in [0.1, 0.15) is 12.5 Å². The number of carboxylic acids is 1. The summed E-state index contributed by atoms with van der Waals surface area (Å²) in [4.78, 5) is 22.5. The van der Waals surface area contributed by atoms with Crippen LogP contribution in [-0.4, -0.2) is 17.1 Å². The van der Waals surface area contributed by atoms with Crippen LogP contribution in [0.5, 0.6) is 17.2 Å². The smallest absolute Gasteiger partial charge is 0.416 e. The summed E-state index contributed by atoms with van der Waals surface area (Å²) in [5, 5.41) is 8.74. The molecule has 0 aliphatic carbocycles. The quantitative estimate of drug-likeness (QED) is 0.750. The standard InChI is InChI=1S/C16H13F3NO5P/c1-10(15(21)22)20-26(23)25-14-5-3-2-4-13(14)24-12-8-6-11(7-9-12)16(17,18)19/h2-10H,1H3,(H,21,22). The van der Waals surface area contributed by atoms with Crippen LogP contribution in [0.2, 0.25) is 0 Å². The molecule has 0 amide bonds. The van der Waals surface area contributed by atoms with Crippen molar-refractivity contribution in [1.82, 2.24) is 0 Å². The number of hydrogen-bond donors (Lipinski definition) is 1. The molecule has 2 aromatic rings. The number of para-hydroxylation sites is 2. The molecule has 0 heterocycles.